The van der Waals surface area contributed by atoms with Crippen molar-refractivity contribution < 1.29 is 18.0 Å². The molecule has 0 aliphatic carbocycles. The summed E-state index contributed by atoms with van der Waals surface area (Å²) in [5.74, 6) is -0.682. The number of hydrogen-bond donors (Lipinski definition) is 3. The molecule has 0 saturated heterocycles. The summed E-state index contributed by atoms with van der Waals surface area (Å²) in [5.41, 5.74) is 1.92. The molecule has 0 fully saturated rings. The highest BCUT2D eigenvalue weighted by Gasteiger charge is 2.14. The third-order valence-electron chi connectivity index (χ3n) is 4.09. The summed E-state index contributed by atoms with van der Waals surface area (Å²) in [6.45, 7) is 0. The Morgan fingerprint density at radius 2 is 1.41 bits per heavy atom. The lowest BCUT2D eigenvalue weighted by Crippen LogP contribution is -2.19. The highest BCUT2D eigenvalue weighted by molar-refractivity contribution is 7.89. The van der Waals surface area contributed by atoms with Gasteiger partial charge in [-0.1, -0.05) is 42.5 Å². The van der Waals surface area contributed by atoms with E-state index in [1.807, 2.05) is 30.3 Å². The Morgan fingerprint density at radius 1 is 0.793 bits per heavy atom. The van der Waals surface area contributed by atoms with Crippen molar-refractivity contribution >= 4 is 33.2 Å². The molecule has 0 heterocycles. The van der Waals surface area contributed by atoms with Crippen molar-refractivity contribution in [2.45, 2.75) is 11.3 Å². The van der Waals surface area contributed by atoms with Crippen molar-refractivity contribution in [1.82, 2.24) is 0 Å². The largest absolute Gasteiger partial charge is 0.325 e. The molecule has 0 atom stereocenters. The number of nitrogens with one attached hydrogen (secondary N) is 2. The Morgan fingerprint density at radius 3 is 2.07 bits per heavy atom. The number of rotatable bonds is 6. The standard InChI is InChI=1S/C21H19N3O4S/c22-29(27,28)17-12-10-16(11-13-17)23-21(26)18-8-4-5-9-19(18)24-20(25)14-15-6-2-1-3-7-15/h1-13H,14H2,(H,23,26)(H,24,25)(H2,22,27,28). The number of carbonyl (C=O) groups is 2. The lowest BCUT2D eigenvalue weighted by Gasteiger charge is -2.12. The predicted molar refractivity (Wildman–Crippen MR) is 111 cm³/mol. The van der Waals surface area contributed by atoms with Crippen LogP contribution in [-0.2, 0) is 21.2 Å². The van der Waals surface area contributed by atoms with Crippen LogP contribution in [0.5, 0.6) is 0 Å². The molecule has 4 N–H and O–H groups in total. The Balaban J connectivity index is 1.72. The number of primary sulfonamides is 1. The summed E-state index contributed by atoms with van der Waals surface area (Å²) in [5, 5.41) is 10.5. The van der Waals surface area contributed by atoms with E-state index in [9.17, 15) is 18.0 Å². The summed E-state index contributed by atoms with van der Waals surface area (Å²) in [7, 11) is -3.81. The fraction of sp³-hybridized carbons (Fsp3) is 0.0476. The van der Waals surface area contributed by atoms with Crippen LogP contribution in [0.15, 0.2) is 83.8 Å². The van der Waals surface area contributed by atoms with Gasteiger partial charge in [-0.2, -0.15) is 0 Å². The van der Waals surface area contributed by atoms with Crippen LogP contribution in [0.3, 0.4) is 0 Å². The molecule has 8 heteroatoms. The van der Waals surface area contributed by atoms with Crippen LogP contribution < -0.4 is 15.8 Å². The van der Waals surface area contributed by atoms with Crippen molar-refractivity contribution in [3.8, 4) is 0 Å². The van der Waals surface area contributed by atoms with Gasteiger partial charge in [0, 0.05) is 5.69 Å². The third-order valence-corrected chi connectivity index (χ3v) is 5.02. The van der Waals surface area contributed by atoms with Crippen LogP contribution >= 0.6 is 0 Å². The van der Waals surface area contributed by atoms with Crippen LogP contribution in [0.4, 0.5) is 11.4 Å². The predicted octanol–water partition coefficient (Wildman–Crippen LogP) is 2.77. The molecule has 0 aliphatic heterocycles. The lowest BCUT2D eigenvalue weighted by molar-refractivity contribution is -0.115. The van der Waals surface area contributed by atoms with Gasteiger partial charge in [0.15, 0.2) is 0 Å². The number of amides is 2. The molecule has 0 aromatic heterocycles. The molecule has 0 saturated carbocycles. The van der Waals surface area contributed by atoms with Crippen molar-refractivity contribution in [1.29, 1.82) is 0 Å². The molecule has 0 bridgehead atoms. The maximum absolute atomic E-state index is 12.7. The first-order valence-electron chi connectivity index (χ1n) is 8.70. The van der Waals surface area contributed by atoms with E-state index in [1.165, 1.54) is 24.3 Å². The van der Waals surface area contributed by atoms with E-state index in [4.69, 9.17) is 5.14 Å². The van der Waals surface area contributed by atoms with Crippen LogP contribution in [0.2, 0.25) is 0 Å². The first-order valence-corrected chi connectivity index (χ1v) is 10.2. The summed E-state index contributed by atoms with van der Waals surface area (Å²) < 4.78 is 22.6. The highest BCUT2D eigenvalue weighted by atomic mass is 32.2. The van der Waals surface area contributed by atoms with Gasteiger partial charge in [0.2, 0.25) is 15.9 Å². The molecule has 7 nitrogen and oxygen atoms in total. The average Bonchev–Trinajstić information content (AvgIpc) is 2.69. The SMILES string of the molecule is NS(=O)(=O)c1ccc(NC(=O)c2ccccc2NC(=O)Cc2ccccc2)cc1. The molecule has 3 aromatic rings. The van der Waals surface area contributed by atoms with E-state index in [2.05, 4.69) is 10.6 Å². The fourth-order valence-electron chi connectivity index (χ4n) is 2.69. The molecule has 0 spiro atoms. The second kappa shape index (κ2) is 8.68. The van der Waals surface area contributed by atoms with Crippen molar-refractivity contribution in [2.24, 2.45) is 5.14 Å². The first kappa shape index (κ1) is 20.2. The maximum atomic E-state index is 12.7. The number of para-hydroxylation sites is 1. The lowest BCUT2D eigenvalue weighted by atomic mass is 10.1. The Hall–Kier alpha value is -3.49. The second-order valence-electron chi connectivity index (χ2n) is 6.28. The number of benzene rings is 3. The monoisotopic (exact) mass is 409 g/mol. The minimum Gasteiger partial charge on any atom is -0.325 e. The van der Waals surface area contributed by atoms with Crippen LogP contribution in [0, 0.1) is 0 Å². The summed E-state index contributed by atoms with van der Waals surface area (Å²) in [6.07, 6.45) is 0.186. The van der Waals surface area contributed by atoms with E-state index >= 15 is 0 Å². The summed E-state index contributed by atoms with van der Waals surface area (Å²) in [6, 6.07) is 21.4. The van der Waals surface area contributed by atoms with E-state index < -0.39 is 15.9 Å². The quantitative estimate of drug-likeness (QED) is 0.580. The average molecular weight is 409 g/mol. The van der Waals surface area contributed by atoms with Crippen LogP contribution in [0.1, 0.15) is 15.9 Å². The van der Waals surface area contributed by atoms with Crippen LogP contribution in [-0.4, -0.2) is 20.2 Å². The molecule has 0 aliphatic rings. The fourth-order valence-corrected chi connectivity index (χ4v) is 3.21. The van der Waals surface area contributed by atoms with Gasteiger partial charge in [-0.15, -0.1) is 0 Å². The molecule has 29 heavy (non-hydrogen) atoms. The number of hydrogen-bond acceptors (Lipinski definition) is 4. The van der Waals surface area contributed by atoms with Gasteiger partial charge in [0.1, 0.15) is 0 Å². The van der Waals surface area contributed by atoms with Gasteiger partial charge in [-0.3, -0.25) is 9.59 Å². The van der Waals surface area contributed by atoms with Gasteiger partial charge >= 0.3 is 0 Å². The Kier molecular flexibility index (Phi) is 6.06. The third kappa shape index (κ3) is 5.50. The van der Waals surface area contributed by atoms with E-state index in [1.54, 1.807) is 24.3 Å². The Bertz CT molecular complexity index is 1130. The smallest absolute Gasteiger partial charge is 0.257 e. The summed E-state index contributed by atoms with van der Waals surface area (Å²) >= 11 is 0. The number of carbonyl (C=O) groups excluding carboxylic acids is 2. The van der Waals surface area contributed by atoms with Gasteiger partial charge in [0.25, 0.3) is 5.91 Å². The van der Waals surface area contributed by atoms with Gasteiger partial charge < -0.3 is 10.6 Å². The molecule has 148 valence electrons. The molecule has 2 amide bonds. The van der Waals surface area contributed by atoms with Gasteiger partial charge in [0.05, 0.1) is 22.6 Å². The topological polar surface area (TPSA) is 118 Å². The van der Waals surface area contributed by atoms with Crippen molar-refractivity contribution in [2.75, 3.05) is 10.6 Å². The molecule has 3 rings (SSSR count). The van der Waals surface area contributed by atoms with Crippen molar-refractivity contribution in [3.05, 3.63) is 90.0 Å². The number of anilines is 2. The molecular weight excluding hydrogens is 390 g/mol. The highest BCUT2D eigenvalue weighted by Crippen LogP contribution is 2.19. The molecule has 0 unspecified atom stereocenters. The molecule has 0 radical (unpaired) electrons. The minimum atomic E-state index is -3.81. The van der Waals surface area contributed by atoms with E-state index in [0.29, 0.717) is 11.4 Å². The molecule has 3 aromatic carbocycles. The summed E-state index contributed by atoms with van der Waals surface area (Å²) in [4.78, 5) is 24.9. The molecular formula is C21H19N3O4S. The normalized spacial score (nSPS) is 10.9. The van der Waals surface area contributed by atoms with E-state index in [-0.39, 0.29) is 22.8 Å². The van der Waals surface area contributed by atoms with Crippen molar-refractivity contribution in [3.63, 3.8) is 0 Å². The second-order valence-corrected chi connectivity index (χ2v) is 7.84. The van der Waals surface area contributed by atoms with E-state index in [0.717, 1.165) is 5.56 Å². The van der Waals surface area contributed by atoms with Crippen LogP contribution in [0.25, 0.3) is 0 Å². The zero-order valence-electron chi connectivity index (χ0n) is 15.3. The number of sulfonamides is 1. The maximum Gasteiger partial charge on any atom is 0.257 e. The van der Waals surface area contributed by atoms with Gasteiger partial charge in [-0.25, -0.2) is 13.6 Å². The van der Waals surface area contributed by atoms with Gasteiger partial charge in [-0.05, 0) is 42.0 Å². The first-order chi connectivity index (χ1) is 13.8. The number of nitrogens with two attached hydrogens (primary N) is 1. The minimum absolute atomic E-state index is 0.0518. The zero-order valence-corrected chi connectivity index (χ0v) is 16.1. The Labute approximate surface area is 168 Å². The zero-order chi connectivity index (χ0) is 20.9.